The maximum Gasteiger partial charge on any atom is 0.169 e. The largest absolute Gasteiger partial charge is 0.294 e. The SMILES string of the molecule is Cc1cc(C(=O)Cc2c(Cl)cccc2Cl)c(C)nn1. The Balaban J connectivity index is 2.34. The fourth-order valence-corrected chi connectivity index (χ4v) is 2.32. The van der Waals surface area contributed by atoms with Crippen LogP contribution in [0.1, 0.15) is 27.3 Å². The highest BCUT2D eigenvalue weighted by molar-refractivity contribution is 6.36. The number of carbonyl (C=O) groups excluding carboxylic acids is 1. The summed E-state index contributed by atoms with van der Waals surface area (Å²) in [7, 11) is 0. The van der Waals surface area contributed by atoms with Crippen LogP contribution in [0.5, 0.6) is 0 Å². The molecule has 0 saturated carbocycles. The first-order valence-corrected chi connectivity index (χ1v) is 6.51. The van der Waals surface area contributed by atoms with E-state index < -0.39 is 0 Å². The number of rotatable bonds is 3. The molecule has 3 nitrogen and oxygen atoms in total. The van der Waals surface area contributed by atoms with Crippen LogP contribution in [0, 0.1) is 13.8 Å². The molecule has 0 aliphatic rings. The van der Waals surface area contributed by atoms with Crippen LogP contribution in [0.25, 0.3) is 0 Å². The summed E-state index contributed by atoms with van der Waals surface area (Å²) in [4.78, 5) is 12.3. The summed E-state index contributed by atoms with van der Waals surface area (Å²) in [5, 5.41) is 8.85. The van der Waals surface area contributed by atoms with Gasteiger partial charge in [0.05, 0.1) is 11.4 Å². The van der Waals surface area contributed by atoms with Crippen molar-refractivity contribution in [3.63, 3.8) is 0 Å². The molecule has 0 atom stereocenters. The average molecular weight is 295 g/mol. The van der Waals surface area contributed by atoms with E-state index >= 15 is 0 Å². The summed E-state index contributed by atoms with van der Waals surface area (Å²) >= 11 is 12.1. The predicted octanol–water partition coefficient (Wildman–Crippen LogP) is 3.83. The van der Waals surface area contributed by atoms with Crippen molar-refractivity contribution in [3.05, 3.63) is 56.8 Å². The quantitative estimate of drug-likeness (QED) is 0.808. The van der Waals surface area contributed by atoms with E-state index in [0.717, 1.165) is 0 Å². The van der Waals surface area contributed by atoms with Crippen molar-refractivity contribution >= 4 is 29.0 Å². The predicted molar refractivity (Wildman–Crippen MR) is 76.0 cm³/mol. The molecule has 2 rings (SSSR count). The molecule has 0 bridgehead atoms. The Morgan fingerprint density at radius 3 is 2.42 bits per heavy atom. The van der Waals surface area contributed by atoms with E-state index in [1.54, 1.807) is 38.1 Å². The summed E-state index contributed by atoms with van der Waals surface area (Å²) < 4.78 is 0. The zero-order valence-corrected chi connectivity index (χ0v) is 12.1. The number of ketones is 1. The van der Waals surface area contributed by atoms with Crippen molar-refractivity contribution in [3.8, 4) is 0 Å². The minimum Gasteiger partial charge on any atom is -0.294 e. The second-order valence-corrected chi connectivity index (χ2v) is 5.10. The highest BCUT2D eigenvalue weighted by Crippen LogP contribution is 2.26. The third-order valence-corrected chi connectivity index (χ3v) is 3.51. The van der Waals surface area contributed by atoms with E-state index in [9.17, 15) is 4.79 Å². The lowest BCUT2D eigenvalue weighted by molar-refractivity contribution is 0.0991. The van der Waals surface area contributed by atoms with Gasteiger partial charge in [0.2, 0.25) is 0 Å². The molecular formula is C14H12Cl2N2O. The number of hydrogen-bond acceptors (Lipinski definition) is 3. The molecule has 0 amide bonds. The van der Waals surface area contributed by atoms with Crippen LogP contribution >= 0.6 is 23.2 Å². The van der Waals surface area contributed by atoms with Crippen LogP contribution in [-0.4, -0.2) is 16.0 Å². The Kier molecular flexibility index (Phi) is 4.17. The van der Waals surface area contributed by atoms with Gasteiger partial charge >= 0.3 is 0 Å². The lowest BCUT2D eigenvalue weighted by Gasteiger charge is -2.08. The fraction of sp³-hybridized carbons (Fsp3) is 0.214. The molecule has 0 spiro atoms. The van der Waals surface area contributed by atoms with Gasteiger partial charge in [0.25, 0.3) is 0 Å². The third kappa shape index (κ3) is 3.11. The average Bonchev–Trinajstić information content (AvgIpc) is 2.37. The molecule has 0 N–H and O–H groups in total. The van der Waals surface area contributed by atoms with Crippen molar-refractivity contribution in [2.75, 3.05) is 0 Å². The Morgan fingerprint density at radius 1 is 1.16 bits per heavy atom. The van der Waals surface area contributed by atoms with Crippen LogP contribution < -0.4 is 0 Å². The Labute approximate surface area is 121 Å². The first-order chi connectivity index (χ1) is 8.99. The molecule has 2 aromatic rings. The number of nitrogens with zero attached hydrogens (tertiary/aromatic N) is 2. The van der Waals surface area contributed by atoms with Crippen molar-refractivity contribution in [1.29, 1.82) is 0 Å². The van der Waals surface area contributed by atoms with Gasteiger partial charge in [0, 0.05) is 22.0 Å². The number of halogens is 2. The van der Waals surface area contributed by atoms with Gasteiger partial charge in [-0.3, -0.25) is 4.79 Å². The molecule has 0 saturated heterocycles. The number of Topliss-reactive ketones (excluding diaryl/α,β-unsaturated/α-hetero) is 1. The number of benzene rings is 1. The number of aromatic nitrogens is 2. The van der Waals surface area contributed by atoms with Gasteiger partial charge in [0.1, 0.15) is 0 Å². The zero-order valence-electron chi connectivity index (χ0n) is 10.6. The van der Waals surface area contributed by atoms with E-state index in [4.69, 9.17) is 23.2 Å². The number of hydrogen-bond donors (Lipinski definition) is 0. The molecule has 0 aliphatic carbocycles. The summed E-state index contributed by atoms with van der Waals surface area (Å²) in [5.41, 5.74) is 2.52. The minimum atomic E-state index is -0.0644. The molecular weight excluding hydrogens is 283 g/mol. The van der Waals surface area contributed by atoms with Crippen LogP contribution in [0.3, 0.4) is 0 Å². The van der Waals surface area contributed by atoms with E-state index in [1.165, 1.54) is 0 Å². The molecule has 5 heteroatoms. The second kappa shape index (κ2) is 5.68. The Morgan fingerprint density at radius 2 is 1.79 bits per heavy atom. The highest BCUT2D eigenvalue weighted by atomic mass is 35.5. The molecule has 0 aliphatic heterocycles. The lowest BCUT2D eigenvalue weighted by Crippen LogP contribution is -2.09. The summed E-state index contributed by atoms with van der Waals surface area (Å²) in [6.45, 7) is 3.56. The standard InChI is InChI=1S/C14H12Cl2N2O/c1-8-6-10(9(2)18-17-8)14(19)7-11-12(15)4-3-5-13(11)16/h3-6H,7H2,1-2H3. The van der Waals surface area contributed by atoms with Crippen LogP contribution in [0.2, 0.25) is 10.0 Å². The Hall–Kier alpha value is -1.45. The van der Waals surface area contributed by atoms with Gasteiger partial charge in [-0.05, 0) is 37.6 Å². The van der Waals surface area contributed by atoms with Crippen molar-refractivity contribution in [1.82, 2.24) is 10.2 Å². The topological polar surface area (TPSA) is 42.9 Å². The van der Waals surface area contributed by atoms with E-state index in [2.05, 4.69) is 10.2 Å². The monoisotopic (exact) mass is 294 g/mol. The Bertz CT molecular complexity index is 621. The van der Waals surface area contributed by atoms with Gasteiger partial charge in [0.15, 0.2) is 5.78 Å². The normalized spacial score (nSPS) is 10.5. The molecule has 1 heterocycles. The van der Waals surface area contributed by atoms with Gasteiger partial charge in [-0.15, -0.1) is 0 Å². The fourth-order valence-electron chi connectivity index (χ4n) is 1.79. The van der Waals surface area contributed by atoms with E-state index in [1.807, 2.05) is 0 Å². The van der Waals surface area contributed by atoms with Crippen LogP contribution in [0.4, 0.5) is 0 Å². The second-order valence-electron chi connectivity index (χ2n) is 4.28. The van der Waals surface area contributed by atoms with Gasteiger partial charge in [-0.2, -0.15) is 10.2 Å². The zero-order chi connectivity index (χ0) is 14.0. The number of carbonyl (C=O) groups is 1. The molecule has 0 unspecified atom stereocenters. The first kappa shape index (κ1) is 14.0. The third-order valence-electron chi connectivity index (χ3n) is 2.80. The molecule has 1 aromatic heterocycles. The van der Waals surface area contributed by atoms with Gasteiger partial charge in [-0.25, -0.2) is 0 Å². The maximum atomic E-state index is 12.3. The lowest BCUT2D eigenvalue weighted by atomic mass is 10.0. The summed E-state index contributed by atoms with van der Waals surface area (Å²) in [6, 6.07) is 6.93. The first-order valence-electron chi connectivity index (χ1n) is 5.76. The van der Waals surface area contributed by atoms with Crippen LogP contribution in [0.15, 0.2) is 24.3 Å². The van der Waals surface area contributed by atoms with Crippen molar-refractivity contribution < 1.29 is 4.79 Å². The highest BCUT2D eigenvalue weighted by Gasteiger charge is 2.15. The summed E-state index contributed by atoms with van der Waals surface area (Å²) in [5.74, 6) is -0.0644. The number of aryl methyl sites for hydroxylation is 2. The molecule has 19 heavy (non-hydrogen) atoms. The minimum absolute atomic E-state index is 0.0644. The summed E-state index contributed by atoms with van der Waals surface area (Å²) in [6.07, 6.45) is 0.157. The van der Waals surface area contributed by atoms with Crippen molar-refractivity contribution in [2.24, 2.45) is 0 Å². The molecule has 98 valence electrons. The van der Waals surface area contributed by atoms with E-state index in [-0.39, 0.29) is 12.2 Å². The smallest absolute Gasteiger partial charge is 0.169 e. The van der Waals surface area contributed by atoms with Crippen molar-refractivity contribution in [2.45, 2.75) is 20.3 Å². The van der Waals surface area contributed by atoms with E-state index in [0.29, 0.717) is 32.6 Å². The molecule has 0 radical (unpaired) electrons. The maximum absolute atomic E-state index is 12.3. The van der Waals surface area contributed by atoms with Crippen LogP contribution in [-0.2, 0) is 6.42 Å². The van der Waals surface area contributed by atoms with Gasteiger partial charge < -0.3 is 0 Å². The molecule has 1 aromatic carbocycles. The molecule has 0 fully saturated rings. The van der Waals surface area contributed by atoms with Gasteiger partial charge in [-0.1, -0.05) is 29.3 Å².